The van der Waals surface area contributed by atoms with Crippen molar-refractivity contribution < 1.29 is 19.0 Å². The van der Waals surface area contributed by atoms with Crippen LogP contribution in [0.5, 0.6) is 17.2 Å². The normalized spacial score (nSPS) is 18.2. The number of carbonyl (C=O) groups is 1. The van der Waals surface area contributed by atoms with E-state index in [1.54, 1.807) is 36.4 Å². The molecular formula is C28H38O4. The van der Waals surface area contributed by atoms with Gasteiger partial charge < -0.3 is 14.2 Å². The summed E-state index contributed by atoms with van der Waals surface area (Å²) in [7, 11) is 0. The molecule has 1 fully saturated rings. The largest absolute Gasteiger partial charge is 0.494 e. The van der Waals surface area contributed by atoms with Gasteiger partial charge in [-0.25, -0.2) is 4.79 Å². The molecule has 0 heterocycles. The van der Waals surface area contributed by atoms with Gasteiger partial charge in [0, 0.05) is 0 Å². The molecule has 0 aliphatic heterocycles. The van der Waals surface area contributed by atoms with Gasteiger partial charge in [-0.3, -0.25) is 0 Å². The predicted octanol–water partition coefficient (Wildman–Crippen LogP) is 7.46. The van der Waals surface area contributed by atoms with Gasteiger partial charge in [0.15, 0.2) is 0 Å². The average Bonchev–Trinajstić information content (AvgIpc) is 2.83. The van der Waals surface area contributed by atoms with Crippen molar-refractivity contribution in [3.05, 3.63) is 54.1 Å². The van der Waals surface area contributed by atoms with Crippen LogP contribution in [0.4, 0.5) is 0 Å². The smallest absolute Gasteiger partial charge is 0.343 e. The zero-order valence-corrected chi connectivity index (χ0v) is 19.7. The molecule has 2 aromatic carbocycles. The van der Waals surface area contributed by atoms with Crippen molar-refractivity contribution in [1.29, 1.82) is 0 Å². The molecule has 1 aliphatic rings. The maximum absolute atomic E-state index is 12.3. The van der Waals surface area contributed by atoms with Crippen molar-refractivity contribution in [1.82, 2.24) is 0 Å². The Bertz CT molecular complexity index is 789. The first-order chi connectivity index (χ1) is 15.7. The summed E-state index contributed by atoms with van der Waals surface area (Å²) in [6.07, 6.45) is 11.6. The number of ether oxygens (including phenoxy) is 3. The molecule has 1 saturated carbocycles. The number of benzene rings is 2. The Morgan fingerprint density at radius 1 is 0.719 bits per heavy atom. The molecule has 0 N–H and O–H groups in total. The van der Waals surface area contributed by atoms with E-state index in [0.29, 0.717) is 17.9 Å². The Hall–Kier alpha value is -2.49. The zero-order chi connectivity index (χ0) is 22.6. The lowest BCUT2D eigenvalue weighted by molar-refractivity contribution is 0.0734. The van der Waals surface area contributed by atoms with Crippen LogP contribution in [0.1, 0.15) is 82.0 Å². The van der Waals surface area contributed by atoms with Crippen LogP contribution >= 0.6 is 0 Å². The van der Waals surface area contributed by atoms with Crippen LogP contribution in [0.3, 0.4) is 0 Å². The first kappa shape index (κ1) is 24.2. The summed E-state index contributed by atoms with van der Waals surface area (Å²) < 4.78 is 16.9. The fourth-order valence-electron chi connectivity index (χ4n) is 4.46. The molecule has 0 radical (unpaired) electrons. The highest BCUT2D eigenvalue weighted by molar-refractivity contribution is 5.91. The molecule has 0 unspecified atom stereocenters. The Labute approximate surface area is 193 Å². The van der Waals surface area contributed by atoms with E-state index in [2.05, 4.69) is 13.8 Å². The lowest BCUT2D eigenvalue weighted by atomic mass is 9.78. The molecule has 0 bridgehead atoms. The number of rotatable bonds is 12. The average molecular weight is 439 g/mol. The number of hydrogen-bond donors (Lipinski definition) is 0. The second-order valence-corrected chi connectivity index (χ2v) is 8.90. The lowest BCUT2D eigenvalue weighted by Crippen LogP contribution is -2.15. The lowest BCUT2D eigenvalue weighted by Gasteiger charge is -2.28. The van der Waals surface area contributed by atoms with Gasteiger partial charge in [-0.1, -0.05) is 52.4 Å². The summed E-state index contributed by atoms with van der Waals surface area (Å²) in [4.78, 5) is 12.3. The molecule has 0 amide bonds. The molecule has 0 spiro atoms. The molecule has 3 rings (SSSR count). The summed E-state index contributed by atoms with van der Waals surface area (Å²) in [5.74, 6) is 3.55. The van der Waals surface area contributed by atoms with E-state index in [9.17, 15) is 4.79 Å². The first-order valence-electron chi connectivity index (χ1n) is 12.4. The second kappa shape index (κ2) is 13.1. The van der Waals surface area contributed by atoms with Gasteiger partial charge >= 0.3 is 5.97 Å². The zero-order valence-electron chi connectivity index (χ0n) is 19.7. The van der Waals surface area contributed by atoms with Gasteiger partial charge in [0.25, 0.3) is 0 Å². The minimum absolute atomic E-state index is 0.380. The van der Waals surface area contributed by atoms with Gasteiger partial charge in [0.1, 0.15) is 17.2 Å². The van der Waals surface area contributed by atoms with Crippen LogP contribution in [0.15, 0.2) is 48.5 Å². The third kappa shape index (κ3) is 7.89. The highest BCUT2D eigenvalue weighted by Crippen LogP contribution is 2.33. The van der Waals surface area contributed by atoms with Crippen molar-refractivity contribution in [3.63, 3.8) is 0 Å². The quantitative estimate of drug-likeness (QED) is 0.196. The topological polar surface area (TPSA) is 44.8 Å². The number of esters is 1. The summed E-state index contributed by atoms with van der Waals surface area (Å²) in [5.41, 5.74) is 0.498. The highest BCUT2D eigenvalue weighted by atomic mass is 16.5. The van der Waals surface area contributed by atoms with Crippen LogP contribution in [0.2, 0.25) is 0 Å². The van der Waals surface area contributed by atoms with Crippen molar-refractivity contribution in [2.45, 2.75) is 71.6 Å². The SMILES string of the molecule is CCCOc1ccc(C(=O)Oc2ccc(OCCC[C@H]3CC[C@H](CCC)CC3)cc2)cc1. The predicted molar refractivity (Wildman–Crippen MR) is 129 cm³/mol. The van der Waals surface area contributed by atoms with Crippen molar-refractivity contribution in [3.8, 4) is 17.2 Å². The Morgan fingerprint density at radius 3 is 1.84 bits per heavy atom. The molecule has 4 heteroatoms. The van der Waals surface area contributed by atoms with E-state index in [1.165, 1.54) is 44.9 Å². The van der Waals surface area contributed by atoms with Crippen LogP contribution in [-0.4, -0.2) is 19.2 Å². The summed E-state index contributed by atoms with van der Waals surface area (Å²) in [6.45, 7) is 5.75. The van der Waals surface area contributed by atoms with E-state index in [1.807, 2.05) is 12.1 Å². The van der Waals surface area contributed by atoms with Crippen LogP contribution in [-0.2, 0) is 0 Å². The van der Waals surface area contributed by atoms with Crippen molar-refractivity contribution in [2.75, 3.05) is 13.2 Å². The third-order valence-electron chi connectivity index (χ3n) is 6.29. The Kier molecular flexibility index (Phi) is 9.93. The van der Waals surface area contributed by atoms with E-state index < -0.39 is 0 Å². The van der Waals surface area contributed by atoms with E-state index in [-0.39, 0.29) is 5.97 Å². The molecular weight excluding hydrogens is 400 g/mol. The fraction of sp³-hybridized carbons (Fsp3) is 0.536. The molecule has 2 aromatic rings. The monoisotopic (exact) mass is 438 g/mol. The van der Waals surface area contributed by atoms with E-state index in [0.717, 1.165) is 42.8 Å². The van der Waals surface area contributed by atoms with Crippen LogP contribution < -0.4 is 14.2 Å². The molecule has 0 saturated heterocycles. The Balaban J connectivity index is 1.35. The molecule has 174 valence electrons. The van der Waals surface area contributed by atoms with Gasteiger partial charge in [-0.05, 0) is 79.6 Å². The Morgan fingerprint density at radius 2 is 1.25 bits per heavy atom. The van der Waals surface area contributed by atoms with Crippen LogP contribution in [0.25, 0.3) is 0 Å². The van der Waals surface area contributed by atoms with Gasteiger partial charge in [-0.15, -0.1) is 0 Å². The minimum atomic E-state index is -0.380. The highest BCUT2D eigenvalue weighted by Gasteiger charge is 2.20. The molecule has 0 aromatic heterocycles. The van der Waals surface area contributed by atoms with Gasteiger partial charge in [-0.2, -0.15) is 0 Å². The summed E-state index contributed by atoms with van der Waals surface area (Å²) in [6, 6.07) is 14.3. The summed E-state index contributed by atoms with van der Waals surface area (Å²) in [5, 5.41) is 0. The fourth-order valence-corrected chi connectivity index (χ4v) is 4.46. The van der Waals surface area contributed by atoms with Gasteiger partial charge in [0.05, 0.1) is 18.8 Å². The molecule has 0 atom stereocenters. The number of carbonyl (C=O) groups excluding carboxylic acids is 1. The third-order valence-corrected chi connectivity index (χ3v) is 6.29. The molecule has 1 aliphatic carbocycles. The van der Waals surface area contributed by atoms with Gasteiger partial charge in [0.2, 0.25) is 0 Å². The summed E-state index contributed by atoms with van der Waals surface area (Å²) >= 11 is 0. The maximum Gasteiger partial charge on any atom is 0.343 e. The molecule has 4 nitrogen and oxygen atoms in total. The van der Waals surface area contributed by atoms with Crippen molar-refractivity contribution >= 4 is 5.97 Å². The standard InChI is InChI=1S/C28H38O4/c1-3-6-22-8-10-23(11-9-22)7-5-21-31-26-16-18-27(19-17-26)32-28(29)24-12-14-25(15-13-24)30-20-4-2/h12-19,22-23H,3-11,20-21H2,1-2H3/t22-,23-. The van der Waals surface area contributed by atoms with E-state index >= 15 is 0 Å². The first-order valence-corrected chi connectivity index (χ1v) is 12.4. The molecule has 32 heavy (non-hydrogen) atoms. The minimum Gasteiger partial charge on any atom is -0.494 e. The maximum atomic E-state index is 12.3. The number of hydrogen-bond acceptors (Lipinski definition) is 4. The van der Waals surface area contributed by atoms with Crippen molar-refractivity contribution in [2.24, 2.45) is 11.8 Å². The van der Waals surface area contributed by atoms with Crippen LogP contribution in [0, 0.1) is 11.8 Å². The van der Waals surface area contributed by atoms with E-state index in [4.69, 9.17) is 14.2 Å². The second-order valence-electron chi connectivity index (χ2n) is 8.90.